The summed E-state index contributed by atoms with van der Waals surface area (Å²) in [5.74, 6) is -0.0749. The van der Waals surface area contributed by atoms with Gasteiger partial charge < -0.3 is 10.2 Å². The van der Waals surface area contributed by atoms with Gasteiger partial charge in [0.15, 0.2) is 0 Å². The van der Waals surface area contributed by atoms with Gasteiger partial charge in [0.2, 0.25) is 11.8 Å². The van der Waals surface area contributed by atoms with Gasteiger partial charge in [0, 0.05) is 13.1 Å². The largest absolute Gasteiger partial charge is 0.354 e. The Labute approximate surface area is 181 Å². The molecule has 0 aromatic heterocycles. The Balaban J connectivity index is 2.28. The van der Waals surface area contributed by atoms with Crippen LogP contribution in [-0.4, -0.2) is 29.3 Å². The first-order valence-electron chi connectivity index (χ1n) is 11.0. The molecule has 0 fully saturated rings. The molecule has 2 amide bonds. The first-order chi connectivity index (χ1) is 14.3. The standard InChI is InChI=1S/C26H36N2O2/c1-6-8-15-27-26(30)24(7-2)28(18-22-13-10-19(3)11-14-22)25(29)17-23-16-20(4)9-12-21(23)5/h9-14,16,24H,6-8,15,17-18H2,1-5H3,(H,27,30)/t24-/m1/s1. The average molecular weight is 409 g/mol. The molecule has 0 saturated carbocycles. The fourth-order valence-corrected chi connectivity index (χ4v) is 3.57. The topological polar surface area (TPSA) is 49.4 Å². The summed E-state index contributed by atoms with van der Waals surface area (Å²) in [6.07, 6.45) is 2.85. The first kappa shape index (κ1) is 23.7. The third-order valence-electron chi connectivity index (χ3n) is 5.54. The normalized spacial score (nSPS) is 11.8. The Morgan fingerprint density at radius 2 is 1.63 bits per heavy atom. The minimum absolute atomic E-state index is 0.0123. The van der Waals surface area contributed by atoms with E-state index >= 15 is 0 Å². The molecule has 2 aromatic rings. The molecule has 0 aliphatic rings. The van der Waals surface area contributed by atoms with Gasteiger partial charge in [-0.1, -0.05) is 73.9 Å². The van der Waals surface area contributed by atoms with E-state index < -0.39 is 6.04 Å². The lowest BCUT2D eigenvalue weighted by atomic mass is 10.0. The second kappa shape index (κ2) is 11.5. The van der Waals surface area contributed by atoms with E-state index in [4.69, 9.17) is 0 Å². The lowest BCUT2D eigenvalue weighted by Gasteiger charge is -2.31. The molecule has 4 nitrogen and oxygen atoms in total. The number of unbranched alkanes of at least 4 members (excludes halogenated alkanes) is 1. The molecule has 0 saturated heterocycles. The van der Waals surface area contributed by atoms with Crippen molar-refractivity contribution in [3.63, 3.8) is 0 Å². The fourth-order valence-electron chi connectivity index (χ4n) is 3.57. The molecule has 0 spiro atoms. The summed E-state index contributed by atoms with van der Waals surface area (Å²) in [6.45, 7) is 11.3. The number of carbonyl (C=O) groups excluding carboxylic acids is 2. The maximum Gasteiger partial charge on any atom is 0.242 e. The highest BCUT2D eigenvalue weighted by molar-refractivity contribution is 5.88. The zero-order valence-electron chi connectivity index (χ0n) is 19.1. The number of rotatable bonds is 10. The number of carbonyl (C=O) groups is 2. The second-order valence-electron chi connectivity index (χ2n) is 8.18. The van der Waals surface area contributed by atoms with E-state index in [0.717, 1.165) is 35.1 Å². The quantitative estimate of drug-likeness (QED) is 0.570. The summed E-state index contributed by atoms with van der Waals surface area (Å²) in [5, 5.41) is 3.02. The highest BCUT2D eigenvalue weighted by atomic mass is 16.2. The average Bonchev–Trinajstić information content (AvgIpc) is 2.72. The van der Waals surface area contributed by atoms with Gasteiger partial charge in [-0.3, -0.25) is 9.59 Å². The number of amides is 2. The van der Waals surface area contributed by atoms with E-state index in [1.165, 1.54) is 5.56 Å². The van der Waals surface area contributed by atoms with Crippen LogP contribution in [0.3, 0.4) is 0 Å². The summed E-state index contributed by atoms with van der Waals surface area (Å²) < 4.78 is 0. The van der Waals surface area contributed by atoms with Crippen LogP contribution < -0.4 is 5.32 Å². The Morgan fingerprint density at radius 3 is 2.27 bits per heavy atom. The first-order valence-corrected chi connectivity index (χ1v) is 11.0. The van der Waals surface area contributed by atoms with Crippen molar-refractivity contribution in [2.75, 3.05) is 6.54 Å². The van der Waals surface area contributed by atoms with Crippen LogP contribution in [0.15, 0.2) is 42.5 Å². The number of hydrogen-bond acceptors (Lipinski definition) is 2. The number of benzene rings is 2. The fraction of sp³-hybridized carbons (Fsp3) is 0.462. The molecule has 30 heavy (non-hydrogen) atoms. The SMILES string of the molecule is CCCCNC(=O)[C@@H](CC)N(Cc1ccc(C)cc1)C(=O)Cc1cc(C)ccc1C. The number of nitrogens with zero attached hydrogens (tertiary/aromatic N) is 1. The van der Waals surface area contributed by atoms with Crippen molar-refractivity contribution in [1.29, 1.82) is 0 Å². The van der Waals surface area contributed by atoms with Gasteiger partial charge in [-0.2, -0.15) is 0 Å². The molecular weight excluding hydrogens is 372 g/mol. The van der Waals surface area contributed by atoms with Gasteiger partial charge >= 0.3 is 0 Å². The van der Waals surface area contributed by atoms with E-state index in [1.807, 2.05) is 52.0 Å². The third-order valence-corrected chi connectivity index (χ3v) is 5.54. The van der Waals surface area contributed by atoms with Crippen molar-refractivity contribution in [2.45, 2.75) is 72.9 Å². The molecule has 0 aliphatic heterocycles. The molecule has 162 valence electrons. The maximum atomic E-state index is 13.4. The van der Waals surface area contributed by atoms with Gasteiger partial charge in [-0.05, 0) is 50.3 Å². The second-order valence-corrected chi connectivity index (χ2v) is 8.18. The minimum Gasteiger partial charge on any atom is -0.354 e. The van der Waals surface area contributed by atoms with Gasteiger partial charge in [0.05, 0.1) is 6.42 Å². The third kappa shape index (κ3) is 6.72. The van der Waals surface area contributed by atoms with Crippen LogP contribution in [0.5, 0.6) is 0 Å². The van der Waals surface area contributed by atoms with E-state index in [-0.39, 0.29) is 11.8 Å². The monoisotopic (exact) mass is 408 g/mol. The van der Waals surface area contributed by atoms with Crippen molar-refractivity contribution in [1.82, 2.24) is 10.2 Å². The predicted octanol–water partition coefficient (Wildman–Crippen LogP) is 4.88. The van der Waals surface area contributed by atoms with Crippen LogP contribution in [0.2, 0.25) is 0 Å². The van der Waals surface area contributed by atoms with E-state index in [0.29, 0.717) is 25.9 Å². The van der Waals surface area contributed by atoms with Gasteiger partial charge in [-0.25, -0.2) is 0 Å². The van der Waals surface area contributed by atoms with Crippen molar-refractivity contribution >= 4 is 11.8 Å². The molecule has 4 heteroatoms. The van der Waals surface area contributed by atoms with Crippen molar-refractivity contribution in [3.05, 3.63) is 70.3 Å². The number of nitrogens with one attached hydrogen (secondary N) is 1. The zero-order chi connectivity index (χ0) is 22.1. The summed E-state index contributed by atoms with van der Waals surface area (Å²) in [7, 11) is 0. The molecule has 0 unspecified atom stereocenters. The van der Waals surface area contributed by atoms with Crippen LogP contribution in [0.25, 0.3) is 0 Å². The van der Waals surface area contributed by atoms with Crippen molar-refractivity contribution in [2.24, 2.45) is 0 Å². The Hall–Kier alpha value is -2.62. The van der Waals surface area contributed by atoms with Gasteiger partial charge in [0.25, 0.3) is 0 Å². The van der Waals surface area contributed by atoms with Crippen LogP contribution in [-0.2, 0) is 22.6 Å². The van der Waals surface area contributed by atoms with Crippen LogP contribution in [0.1, 0.15) is 60.9 Å². The summed E-state index contributed by atoms with van der Waals surface area (Å²) in [4.78, 5) is 28.1. The Kier molecular flexibility index (Phi) is 9.10. The molecule has 0 heterocycles. The number of hydrogen-bond donors (Lipinski definition) is 1. The van der Waals surface area contributed by atoms with E-state index in [2.05, 4.69) is 30.4 Å². The Morgan fingerprint density at radius 1 is 0.967 bits per heavy atom. The molecule has 0 bridgehead atoms. The van der Waals surface area contributed by atoms with Crippen molar-refractivity contribution in [3.8, 4) is 0 Å². The summed E-state index contributed by atoms with van der Waals surface area (Å²) in [5.41, 5.74) is 5.48. The molecule has 1 atom stereocenters. The zero-order valence-corrected chi connectivity index (χ0v) is 19.1. The summed E-state index contributed by atoms with van der Waals surface area (Å²) in [6, 6.07) is 13.9. The minimum atomic E-state index is -0.472. The van der Waals surface area contributed by atoms with E-state index in [9.17, 15) is 9.59 Å². The van der Waals surface area contributed by atoms with Crippen molar-refractivity contribution < 1.29 is 9.59 Å². The lowest BCUT2D eigenvalue weighted by Crippen LogP contribution is -2.49. The predicted molar refractivity (Wildman–Crippen MR) is 123 cm³/mol. The lowest BCUT2D eigenvalue weighted by molar-refractivity contribution is -0.140. The van der Waals surface area contributed by atoms with Crippen LogP contribution in [0, 0.1) is 20.8 Å². The Bertz CT molecular complexity index is 843. The van der Waals surface area contributed by atoms with Gasteiger partial charge in [0.1, 0.15) is 6.04 Å². The molecule has 1 N–H and O–H groups in total. The maximum absolute atomic E-state index is 13.4. The highest BCUT2D eigenvalue weighted by Gasteiger charge is 2.28. The molecular formula is C26H36N2O2. The van der Waals surface area contributed by atoms with Crippen LogP contribution in [0.4, 0.5) is 0 Å². The molecule has 0 radical (unpaired) electrons. The number of aryl methyl sites for hydroxylation is 3. The molecule has 2 rings (SSSR count). The smallest absolute Gasteiger partial charge is 0.242 e. The van der Waals surface area contributed by atoms with Crippen LogP contribution >= 0.6 is 0 Å². The highest BCUT2D eigenvalue weighted by Crippen LogP contribution is 2.17. The summed E-state index contributed by atoms with van der Waals surface area (Å²) >= 11 is 0. The molecule has 2 aromatic carbocycles. The molecule has 0 aliphatic carbocycles. The van der Waals surface area contributed by atoms with E-state index in [1.54, 1.807) is 4.90 Å². The van der Waals surface area contributed by atoms with Gasteiger partial charge in [-0.15, -0.1) is 0 Å².